The van der Waals surface area contributed by atoms with Crippen LogP contribution in [0.4, 0.5) is 0 Å². The van der Waals surface area contributed by atoms with Crippen molar-refractivity contribution in [1.29, 1.82) is 0 Å². The van der Waals surface area contributed by atoms with Crippen molar-refractivity contribution in [3.05, 3.63) is 89.8 Å². The fourth-order valence-electron chi connectivity index (χ4n) is 2.26. The maximum Gasteiger partial charge on any atom is 0.187 e. The Labute approximate surface area is 139 Å². The van der Waals surface area contributed by atoms with Gasteiger partial charge in [-0.2, -0.15) is 0 Å². The fourth-order valence-corrected chi connectivity index (χ4v) is 2.26. The highest BCUT2D eigenvalue weighted by Crippen LogP contribution is 2.08. The third-order valence-corrected chi connectivity index (χ3v) is 3.46. The zero-order valence-electron chi connectivity index (χ0n) is 12.9. The van der Waals surface area contributed by atoms with Gasteiger partial charge in [0.25, 0.3) is 0 Å². The van der Waals surface area contributed by atoms with Gasteiger partial charge in [0.1, 0.15) is 11.4 Å². The molecule has 3 aromatic rings. The average Bonchev–Trinajstić information content (AvgIpc) is 2.63. The van der Waals surface area contributed by atoms with Crippen molar-refractivity contribution < 1.29 is 9.59 Å². The summed E-state index contributed by atoms with van der Waals surface area (Å²) in [6.45, 7) is 0. The van der Waals surface area contributed by atoms with Gasteiger partial charge in [0.15, 0.2) is 11.6 Å². The van der Waals surface area contributed by atoms with Crippen molar-refractivity contribution in [3.63, 3.8) is 0 Å². The summed E-state index contributed by atoms with van der Waals surface area (Å²) < 4.78 is 0. The molecule has 0 atom stereocenters. The number of hydrogen-bond donors (Lipinski definition) is 0. The lowest BCUT2D eigenvalue weighted by atomic mass is 10.1. The van der Waals surface area contributed by atoms with Crippen molar-refractivity contribution in [1.82, 2.24) is 15.0 Å². The van der Waals surface area contributed by atoms with Gasteiger partial charge >= 0.3 is 0 Å². The van der Waals surface area contributed by atoms with Crippen LogP contribution in [-0.4, -0.2) is 26.5 Å². The van der Waals surface area contributed by atoms with Crippen LogP contribution >= 0.6 is 0 Å². The van der Waals surface area contributed by atoms with Crippen molar-refractivity contribution in [2.75, 3.05) is 0 Å². The van der Waals surface area contributed by atoms with E-state index < -0.39 is 0 Å². The summed E-state index contributed by atoms with van der Waals surface area (Å²) in [5.74, 6) is -0.331. The Morgan fingerprint density at radius 3 is 1.58 bits per heavy atom. The van der Waals surface area contributed by atoms with E-state index in [2.05, 4.69) is 15.0 Å². The predicted molar refractivity (Wildman–Crippen MR) is 88.8 cm³/mol. The van der Waals surface area contributed by atoms with Crippen molar-refractivity contribution in [2.45, 2.75) is 12.8 Å². The molecule has 0 aliphatic rings. The first kappa shape index (κ1) is 15.7. The maximum absolute atomic E-state index is 12.3. The van der Waals surface area contributed by atoms with Crippen LogP contribution in [0.5, 0.6) is 0 Å². The molecule has 0 aliphatic heterocycles. The van der Waals surface area contributed by atoms with Crippen LogP contribution in [-0.2, 0) is 12.8 Å². The van der Waals surface area contributed by atoms with E-state index >= 15 is 0 Å². The Balaban J connectivity index is 1.74. The van der Waals surface area contributed by atoms with Crippen molar-refractivity contribution in [2.24, 2.45) is 0 Å². The van der Waals surface area contributed by atoms with E-state index in [1.54, 1.807) is 54.9 Å². The second-order valence-corrected chi connectivity index (χ2v) is 5.25. The van der Waals surface area contributed by atoms with E-state index in [1.807, 2.05) is 12.1 Å². The van der Waals surface area contributed by atoms with Crippen molar-refractivity contribution >= 4 is 11.6 Å². The number of rotatable bonds is 6. The number of nitrogens with zero attached hydrogens (tertiary/aromatic N) is 3. The molecular weight excluding hydrogens is 302 g/mol. The fraction of sp³-hybridized carbons (Fsp3) is 0.105. The third kappa shape index (κ3) is 3.95. The average molecular weight is 317 g/mol. The molecule has 0 saturated carbocycles. The summed E-state index contributed by atoms with van der Waals surface area (Å²) in [5.41, 5.74) is 1.89. The summed E-state index contributed by atoms with van der Waals surface area (Å²) in [6, 6.07) is 15.7. The topological polar surface area (TPSA) is 72.8 Å². The Morgan fingerprint density at radius 2 is 1.17 bits per heavy atom. The van der Waals surface area contributed by atoms with Crippen molar-refractivity contribution in [3.8, 4) is 0 Å². The molecule has 24 heavy (non-hydrogen) atoms. The number of pyridine rings is 3. The summed E-state index contributed by atoms with van der Waals surface area (Å²) >= 11 is 0. The minimum Gasteiger partial charge on any atom is -0.292 e. The van der Waals surface area contributed by atoms with Gasteiger partial charge in [0, 0.05) is 23.8 Å². The minimum atomic E-state index is -0.166. The lowest BCUT2D eigenvalue weighted by molar-refractivity contribution is 0.0983. The Bertz CT molecular complexity index is 780. The van der Waals surface area contributed by atoms with Gasteiger partial charge in [-0.25, -0.2) is 4.98 Å². The molecule has 0 saturated heterocycles. The molecule has 0 radical (unpaired) electrons. The van der Waals surface area contributed by atoms with Crippen LogP contribution in [0.1, 0.15) is 32.4 Å². The highest BCUT2D eigenvalue weighted by Gasteiger charge is 2.14. The third-order valence-electron chi connectivity index (χ3n) is 3.46. The Kier molecular flexibility index (Phi) is 4.81. The summed E-state index contributed by atoms with van der Waals surface area (Å²) in [7, 11) is 0. The molecule has 3 rings (SSSR count). The van der Waals surface area contributed by atoms with Crippen LogP contribution in [0, 0.1) is 0 Å². The predicted octanol–water partition coefficient (Wildman–Crippen LogP) is 2.72. The first-order chi connectivity index (χ1) is 11.7. The summed E-state index contributed by atoms with van der Waals surface area (Å²) in [6.07, 6.45) is 3.60. The highest BCUT2D eigenvalue weighted by molar-refractivity contribution is 5.99. The van der Waals surface area contributed by atoms with Gasteiger partial charge in [-0.05, 0) is 36.4 Å². The van der Waals surface area contributed by atoms with Gasteiger partial charge in [-0.1, -0.05) is 18.2 Å². The van der Waals surface area contributed by atoms with E-state index in [1.165, 1.54) is 0 Å². The first-order valence-corrected chi connectivity index (χ1v) is 7.55. The second kappa shape index (κ2) is 7.37. The molecule has 0 aliphatic carbocycles. The number of ketones is 2. The smallest absolute Gasteiger partial charge is 0.187 e. The van der Waals surface area contributed by atoms with Crippen LogP contribution in [0.25, 0.3) is 0 Å². The molecule has 5 heteroatoms. The highest BCUT2D eigenvalue weighted by atomic mass is 16.1. The number of carbonyl (C=O) groups excluding carboxylic acids is 2. The summed E-state index contributed by atoms with van der Waals surface area (Å²) in [5, 5.41) is 0. The van der Waals surface area contributed by atoms with E-state index in [9.17, 15) is 9.59 Å². The number of hydrogen-bond acceptors (Lipinski definition) is 5. The molecule has 0 amide bonds. The van der Waals surface area contributed by atoms with E-state index in [-0.39, 0.29) is 35.8 Å². The molecule has 3 heterocycles. The van der Waals surface area contributed by atoms with Gasteiger partial charge in [0.2, 0.25) is 0 Å². The quantitative estimate of drug-likeness (QED) is 0.654. The second-order valence-electron chi connectivity index (χ2n) is 5.25. The van der Waals surface area contributed by atoms with E-state index in [4.69, 9.17) is 0 Å². The zero-order chi connectivity index (χ0) is 16.8. The largest absolute Gasteiger partial charge is 0.292 e. The zero-order valence-corrected chi connectivity index (χ0v) is 12.9. The monoisotopic (exact) mass is 317 g/mol. The standard InChI is InChI=1S/C19H15N3O2/c23-18(12-14-6-1-3-10-20-14)16-8-5-9-17(22-16)19(24)13-15-7-2-4-11-21-15/h1-11H,12-13H2. The van der Waals surface area contributed by atoms with Gasteiger partial charge < -0.3 is 0 Å². The van der Waals surface area contributed by atoms with Crippen LogP contribution in [0.2, 0.25) is 0 Å². The van der Waals surface area contributed by atoms with Gasteiger partial charge in [-0.3, -0.25) is 19.6 Å². The van der Waals surface area contributed by atoms with Gasteiger partial charge in [0.05, 0.1) is 12.8 Å². The molecule has 3 aromatic heterocycles. The van der Waals surface area contributed by atoms with E-state index in [0.717, 1.165) is 0 Å². The van der Waals surface area contributed by atoms with E-state index in [0.29, 0.717) is 11.4 Å². The molecule has 0 N–H and O–H groups in total. The molecule has 0 bridgehead atoms. The molecule has 0 aromatic carbocycles. The molecule has 5 nitrogen and oxygen atoms in total. The lowest BCUT2D eigenvalue weighted by Gasteiger charge is -2.04. The Morgan fingerprint density at radius 1 is 0.667 bits per heavy atom. The molecular formula is C19H15N3O2. The minimum absolute atomic E-state index is 0.158. The Hall–Kier alpha value is -3.21. The number of carbonyl (C=O) groups is 2. The van der Waals surface area contributed by atoms with Gasteiger partial charge in [-0.15, -0.1) is 0 Å². The number of aromatic nitrogens is 3. The summed E-state index contributed by atoms with van der Waals surface area (Å²) in [4.78, 5) is 37.1. The molecule has 0 spiro atoms. The van der Waals surface area contributed by atoms with Crippen LogP contribution < -0.4 is 0 Å². The van der Waals surface area contributed by atoms with Crippen LogP contribution in [0.15, 0.2) is 67.0 Å². The number of Topliss-reactive ketones (excluding diaryl/α,β-unsaturated/α-hetero) is 2. The normalized spacial score (nSPS) is 10.3. The lowest BCUT2D eigenvalue weighted by Crippen LogP contribution is -2.12. The SMILES string of the molecule is O=C(Cc1ccccn1)c1cccc(C(=O)Cc2ccccn2)n1. The molecule has 0 fully saturated rings. The molecule has 118 valence electrons. The van der Waals surface area contributed by atoms with Crippen LogP contribution in [0.3, 0.4) is 0 Å². The first-order valence-electron chi connectivity index (χ1n) is 7.55. The maximum atomic E-state index is 12.3. The molecule has 0 unspecified atom stereocenters.